The van der Waals surface area contributed by atoms with Crippen LogP contribution in [0, 0.1) is 5.92 Å². The molecule has 2 rings (SSSR count). The zero-order valence-corrected chi connectivity index (χ0v) is 11.8. The summed E-state index contributed by atoms with van der Waals surface area (Å²) in [5, 5.41) is 6.00. The van der Waals surface area contributed by atoms with E-state index >= 15 is 0 Å². The van der Waals surface area contributed by atoms with E-state index in [4.69, 9.17) is 4.74 Å². The number of rotatable bonds is 4. The fourth-order valence-corrected chi connectivity index (χ4v) is 2.29. The summed E-state index contributed by atoms with van der Waals surface area (Å²) in [5.74, 6) is 1.15. The Morgan fingerprint density at radius 3 is 2.84 bits per heavy atom. The van der Waals surface area contributed by atoms with Crippen molar-refractivity contribution in [3.05, 3.63) is 29.8 Å². The molecule has 0 unspecified atom stereocenters. The van der Waals surface area contributed by atoms with Crippen LogP contribution in [0.15, 0.2) is 24.3 Å². The summed E-state index contributed by atoms with van der Waals surface area (Å²) >= 11 is 0. The third-order valence-electron chi connectivity index (χ3n) is 3.39. The van der Waals surface area contributed by atoms with Crippen LogP contribution in [0.2, 0.25) is 0 Å². The minimum Gasteiger partial charge on any atom is -0.463 e. The second kappa shape index (κ2) is 5.61. The average molecular weight is 262 g/mol. The van der Waals surface area contributed by atoms with Crippen molar-refractivity contribution in [2.75, 3.05) is 13.6 Å². The summed E-state index contributed by atoms with van der Waals surface area (Å²) in [5.41, 5.74) is 0.223. The number of nitrogens with one attached hydrogen (secondary N) is 2. The molecule has 4 heteroatoms. The third-order valence-corrected chi connectivity index (χ3v) is 3.39. The molecule has 19 heavy (non-hydrogen) atoms. The molecule has 1 heterocycles. The minimum absolute atomic E-state index is 0.109. The van der Waals surface area contributed by atoms with Gasteiger partial charge >= 0.3 is 0 Å². The standard InChI is InChI=1S/C15H22N2O2/c1-11(2)10-17-15(14(18)16-3)9-8-12-6-4-5-7-13(12)19-15/h4-7,11,17H,8-10H2,1-3H3,(H,16,18)/t15-/m1/s1. The van der Waals surface area contributed by atoms with Crippen molar-refractivity contribution in [2.45, 2.75) is 32.4 Å². The summed E-state index contributed by atoms with van der Waals surface area (Å²) in [4.78, 5) is 12.2. The number of amides is 1. The van der Waals surface area contributed by atoms with E-state index in [1.54, 1.807) is 7.05 Å². The number of benzene rings is 1. The first-order chi connectivity index (χ1) is 9.07. The number of ether oxygens (including phenoxy) is 1. The molecule has 0 saturated heterocycles. The molecule has 0 bridgehead atoms. The lowest BCUT2D eigenvalue weighted by atomic mass is 9.96. The van der Waals surface area contributed by atoms with Crippen molar-refractivity contribution in [1.29, 1.82) is 0 Å². The predicted molar refractivity (Wildman–Crippen MR) is 75.0 cm³/mol. The zero-order valence-electron chi connectivity index (χ0n) is 11.8. The second-order valence-corrected chi connectivity index (χ2v) is 5.39. The molecule has 0 spiro atoms. The number of para-hydroxylation sites is 1. The van der Waals surface area contributed by atoms with Gasteiger partial charge in [0.15, 0.2) is 0 Å². The van der Waals surface area contributed by atoms with Crippen LogP contribution in [0.3, 0.4) is 0 Å². The first-order valence-corrected chi connectivity index (χ1v) is 6.81. The summed E-state index contributed by atoms with van der Waals surface area (Å²) in [6.45, 7) is 4.97. The van der Waals surface area contributed by atoms with Gasteiger partial charge in [-0.15, -0.1) is 0 Å². The fourth-order valence-electron chi connectivity index (χ4n) is 2.29. The summed E-state index contributed by atoms with van der Waals surface area (Å²) in [6, 6.07) is 7.90. The van der Waals surface area contributed by atoms with Gasteiger partial charge in [-0.3, -0.25) is 10.1 Å². The van der Waals surface area contributed by atoms with E-state index in [2.05, 4.69) is 24.5 Å². The lowest BCUT2D eigenvalue weighted by molar-refractivity contribution is -0.141. The van der Waals surface area contributed by atoms with Crippen molar-refractivity contribution >= 4 is 5.91 Å². The molecular weight excluding hydrogens is 240 g/mol. The quantitative estimate of drug-likeness (QED) is 0.868. The Bertz CT molecular complexity index is 459. The Kier molecular flexibility index (Phi) is 4.10. The van der Waals surface area contributed by atoms with Gasteiger partial charge in [-0.2, -0.15) is 0 Å². The molecule has 1 aliphatic heterocycles. The number of hydrogen-bond donors (Lipinski definition) is 2. The number of hydrogen-bond acceptors (Lipinski definition) is 3. The molecule has 104 valence electrons. The van der Waals surface area contributed by atoms with E-state index in [1.807, 2.05) is 24.3 Å². The van der Waals surface area contributed by atoms with Gasteiger partial charge in [0.25, 0.3) is 5.91 Å². The Morgan fingerprint density at radius 1 is 1.42 bits per heavy atom. The molecule has 0 fully saturated rings. The fraction of sp³-hybridized carbons (Fsp3) is 0.533. The number of carbonyl (C=O) groups excluding carboxylic acids is 1. The van der Waals surface area contributed by atoms with Crippen molar-refractivity contribution in [3.8, 4) is 5.75 Å². The van der Waals surface area contributed by atoms with E-state index in [-0.39, 0.29) is 5.91 Å². The largest absolute Gasteiger partial charge is 0.463 e. The molecule has 0 radical (unpaired) electrons. The lowest BCUT2D eigenvalue weighted by Crippen LogP contribution is -2.62. The van der Waals surface area contributed by atoms with Crippen LogP contribution in [0.1, 0.15) is 25.8 Å². The summed E-state index contributed by atoms with van der Waals surface area (Å²) in [6.07, 6.45) is 1.49. The maximum absolute atomic E-state index is 12.2. The van der Waals surface area contributed by atoms with Crippen molar-refractivity contribution in [3.63, 3.8) is 0 Å². The molecule has 4 nitrogen and oxygen atoms in total. The molecule has 1 amide bonds. The van der Waals surface area contributed by atoms with Gasteiger partial charge in [0.1, 0.15) is 5.75 Å². The highest BCUT2D eigenvalue weighted by Crippen LogP contribution is 2.32. The predicted octanol–water partition coefficient (Wildman–Crippen LogP) is 1.70. The smallest absolute Gasteiger partial charge is 0.279 e. The van der Waals surface area contributed by atoms with Gasteiger partial charge in [-0.1, -0.05) is 32.0 Å². The molecular formula is C15H22N2O2. The third kappa shape index (κ3) is 2.89. The maximum Gasteiger partial charge on any atom is 0.279 e. The summed E-state index contributed by atoms with van der Waals surface area (Å²) < 4.78 is 6.00. The highest BCUT2D eigenvalue weighted by atomic mass is 16.5. The number of fused-ring (bicyclic) bond motifs is 1. The van der Waals surface area contributed by atoms with E-state index in [9.17, 15) is 4.79 Å². The maximum atomic E-state index is 12.2. The normalized spacial score (nSPS) is 21.7. The Hall–Kier alpha value is -1.55. The Morgan fingerprint density at radius 2 is 2.16 bits per heavy atom. The monoisotopic (exact) mass is 262 g/mol. The molecule has 1 aliphatic rings. The molecule has 1 aromatic rings. The molecule has 2 N–H and O–H groups in total. The van der Waals surface area contributed by atoms with Gasteiger partial charge < -0.3 is 10.1 Å². The SMILES string of the molecule is CNC(=O)[C@@]1(NCC(C)C)CCc2ccccc2O1. The van der Waals surface area contributed by atoms with E-state index in [0.717, 1.165) is 24.3 Å². The molecule has 1 atom stereocenters. The number of carbonyl (C=O) groups is 1. The molecule has 0 aliphatic carbocycles. The van der Waals surface area contributed by atoms with Crippen LogP contribution in [-0.4, -0.2) is 25.2 Å². The van der Waals surface area contributed by atoms with Crippen LogP contribution in [0.4, 0.5) is 0 Å². The molecule has 1 aromatic carbocycles. The Labute approximate surface area is 114 Å². The highest BCUT2D eigenvalue weighted by Gasteiger charge is 2.42. The van der Waals surface area contributed by atoms with Crippen molar-refractivity contribution in [1.82, 2.24) is 10.6 Å². The van der Waals surface area contributed by atoms with Crippen LogP contribution < -0.4 is 15.4 Å². The van der Waals surface area contributed by atoms with Gasteiger partial charge in [0, 0.05) is 20.0 Å². The first kappa shape index (κ1) is 13.9. The van der Waals surface area contributed by atoms with Gasteiger partial charge in [-0.25, -0.2) is 0 Å². The number of aryl methyl sites for hydroxylation is 1. The number of likely N-dealkylation sites (N-methyl/N-ethyl adjacent to an activating group) is 1. The summed E-state index contributed by atoms with van der Waals surface area (Å²) in [7, 11) is 1.64. The van der Waals surface area contributed by atoms with Gasteiger partial charge in [0.2, 0.25) is 5.72 Å². The van der Waals surface area contributed by atoms with Crippen molar-refractivity contribution in [2.24, 2.45) is 5.92 Å². The average Bonchev–Trinajstić information content (AvgIpc) is 2.44. The van der Waals surface area contributed by atoms with Crippen LogP contribution in [0.25, 0.3) is 0 Å². The van der Waals surface area contributed by atoms with Crippen LogP contribution in [0.5, 0.6) is 5.75 Å². The van der Waals surface area contributed by atoms with Gasteiger partial charge in [-0.05, 0) is 24.0 Å². The first-order valence-electron chi connectivity index (χ1n) is 6.81. The topological polar surface area (TPSA) is 50.4 Å². The second-order valence-electron chi connectivity index (χ2n) is 5.39. The molecule has 0 saturated carbocycles. The lowest BCUT2D eigenvalue weighted by Gasteiger charge is -2.38. The van der Waals surface area contributed by atoms with Crippen LogP contribution >= 0.6 is 0 Å². The molecule has 0 aromatic heterocycles. The van der Waals surface area contributed by atoms with E-state index in [0.29, 0.717) is 12.3 Å². The van der Waals surface area contributed by atoms with Crippen molar-refractivity contribution < 1.29 is 9.53 Å². The zero-order chi connectivity index (χ0) is 13.9. The van der Waals surface area contributed by atoms with Crippen LogP contribution in [-0.2, 0) is 11.2 Å². The van der Waals surface area contributed by atoms with E-state index in [1.165, 1.54) is 0 Å². The Balaban J connectivity index is 2.24. The van der Waals surface area contributed by atoms with E-state index < -0.39 is 5.72 Å². The van der Waals surface area contributed by atoms with Gasteiger partial charge in [0.05, 0.1) is 0 Å². The highest BCUT2D eigenvalue weighted by molar-refractivity contribution is 5.85. The minimum atomic E-state index is -0.937.